The number of methoxy groups -OCH3 is 2. The maximum Gasteiger partial charge on any atom is 0.251 e. The number of nitrogens with zero attached hydrogens (tertiary/aromatic N) is 4. The highest BCUT2D eigenvalue weighted by molar-refractivity contribution is 5.96. The molecule has 8 heteroatoms. The van der Waals surface area contributed by atoms with Gasteiger partial charge in [0.2, 0.25) is 0 Å². The first-order valence-electron chi connectivity index (χ1n) is 9.88. The third-order valence-corrected chi connectivity index (χ3v) is 5.13. The number of pyridine rings is 1. The fraction of sp³-hybridized carbons (Fsp3) is 0.217. The van der Waals surface area contributed by atoms with Crippen molar-refractivity contribution in [1.29, 1.82) is 0 Å². The lowest BCUT2D eigenvalue weighted by Crippen LogP contribution is -2.26. The van der Waals surface area contributed by atoms with E-state index in [1.165, 1.54) is 0 Å². The zero-order valence-corrected chi connectivity index (χ0v) is 17.6. The summed E-state index contributed by atoms with van der Waals surface area (Å²) in [5.41, 5.74) is 4.56. The Hall–Kier alpha value is -3.94. The molecule has 0 saturated carbocycles. The van der Waals surface area contributed by atoms with Crippen LogP contribution in [0.15, 0.2) is 54.7 Å². The van der Waals surface area contributed by atoms with Gasteiger partial charge in [-0.25, -0.2) is 4.98 Å². The highest BCUT2D eigenvalue weighted by Crippen LogP contribution is 2.27. The summed E-state index contributed by atoms with van der Waals surface area (Å²) < 4.78 is 12.3. The van der Waals surface area contributed by atoms with Crippen LogP contribution in [0.3, 0.4) is 0 Å². The first-order chi connectivity index (χ1) is 15.1. The molecule has 0 fully saturated rings. The van der Waals surface area contributed by atoms with E-state index in [9.17, 15) is 4.79 Å². The van der Waals surface area contributed by atoms with Gasteiger partial charge in [0.15, 0.2) is 17.1 Å². The van der Waals surface area contributed by atoms with Gasteiger partial charge in [-0.2, -0.15) is 4.68 Å². The van der Waals surface area contributed by atoms with Crippen LogP contribution in [0.5, 0.6) is 11.5 Å². The third-order valence-electron chi connectivity index (χ3n) is 5.13. The maximum absolute atomic E-state index is 12.8. The molecule has 2 aromatic carbocycles. The molecule has 2 aromatic heterocycles. The van der Waals surface area contributed by atoms with Crippen LogP contribution in [0.2, 0.25) is 0 Å². The van der Waals surface area contributed by atoms with E-state index in [1.807, 2.05) is 49.4 Å². The Labute approximate surface area is 179 Å². The Kier molecular flexibility index (Phi) is 5.79. The molecule has 1 amide bonds. The number of hydrogen-bond donors (Lipinski definition) is 1. The Morgan fingerprint density at radius 1 is 1.06 bits per heavy atom. The van der Waals surface area contributed by atoms with Gasteiger partial charge >= 0.3 is 0 Å². The lowest BCUT2D eigenvalue weighted by atomic mass is 10.1. The Morgan fingerprint density at radius 2 is 1.90 bits per heavy atom. The molecule has 0 radical (unpaired) electrons. The molecule has 2 heterocycles. The van der Waals surface area contributed by atoms with E-state index in [4.69, 9.17) is 9.47 Å². The molecular formula is C23H23N5O3. The third kappa shape index (κ3) is 4.05. The maximum atomic E-state index is 12.8. The highest BCUT2D eigenvalue weighted by atomic mass is 16.5. The van der Waals surface area contributed by atoms with Crippen molar-refractivity contribution in [3.63, 3.8) is 0 Å². The minimum Gasteiger partial charge on any atom is -0.493 e. The zero-order valence-electron chi connectivity index (χ0n) is 17.6. The number of fused-ring (bicyclic) bond motifs is 1. The summed E-state index contributed by atoms with van der Waals surface area (Å²) in [4.78, 5) is 17.2. The van der Waals surface area contributed by atoms with Crippen molar-refractivity contribution in [3.8, 4) is 17.2 Å². The molecule has 4 rings (SSSR count). The first-order valence-corrected chi connectivity index (χ1v) is 9.88. The second-order valence-electron chi connectivity index (χ2n) is 6.99. The highest BCUT2D eigenvalue weighted by Gasteiger charge is 2.15. The molecule has 0 atom stereocenters. The van der Waals surface area contributed by atoms with Gasteiger partial charge in [-0.05, 0) is 60.9 Å². The van der Waals surface area contributed by atoms with Crippen molar-refractivity contribution in [3.05, 3.63) is 71.4 Å². The summed E-state index contributed by atoms with van der Waals surface area (Å²) in [5, 5.41) is 11.4. The van der Waals surface area contributed by atoms with Crippen molar-refractivity contribution >= 4 is 17.1 Å². The Morgan fingerprint density at radius 3 is 2.71 bits per heavy atom. The molecular weight excluding hydrogens is 394 g/mol. The molecule has 0 spiro atoms. The molecule has 0 aliphatic heterocycles. The number of aromatic nitrogens is 4. The molecule has 8 nitrogen and oxygen atoms in total. The van der Waals surface area contributed by atoms with Crippen LogP contribution in [-0.2, 0) is 6.42 Å². The van der Waals surface area contributed by atoms with Crippen LogP contribution in [0.4, 0.5) is 0 Å². The monoisotopic (exact) mass is 417 g/mol. The molecule has 158 valence electrons. The number of nitrogens with one attached hydrogen (secondary N) is 1. The van der Waals surface area contributed by atoms with Crippen molar-refractivity contribution in [2.75, 3.05) is 20.8 Å². The summed E-state index contributed by atoms with van der Waals surface area (Å²) >= 11 is 0. The van der Waals surface area contributed by atoms with E-state index in [-0.39, 0.29) is 5.91 Å². The predicted octanol–water partition coefficient (Wildman–Crippen LogP) is 3.11. The van der Waals surface area contributed by atoms with Gasteiger partial charge in [-0.1, -0.05) is 17.3 Å². The molecule has 0 saturated heterocycles. The second kappa shape index (κ2) is 8.83. The molecule has 1 N–H and O–H groups in total. The number of ether oxygens (including phenoxy) is 2. The van der Waals surface area contributed by atoms with Gasteiger partial charge in [0, 0.05) is 18.3 Å². The number of hydrogen-bond acceptors (Lipinski definition) is 6. The summed E-state index contributed by atoms with van der Waals surface area (Å²) in [5.74, 6) is 1.21. The normalized spacial score (nSPS) is 10.8. The first kappa shape index (κ1) is 20.3. The number of rotatable bonds is 7. The van der Waals surface area contributed by atoms with Crippen molar-refractivity contribution in [1.82, 2.24) is 25.3 Å². The van der Waals surface area contributed by atoms with Crippen molar-refractivity contribution in [2.24, 2.45) is 0 Å². The van der Waals surface area contributed by atoms with Gasteiger partial charge in [-0.3, -0.25) is 4.79 Å². The lowest BCUT2D eigenvalue weighted by molar-refractivity contribution is 0.0953. The summed E-state index contributed by atoms with van der Waals surface area (Å²) in [7, 11) is 3.21. The molecule has 0 bridgehead atoms. The average Bonchev–Trinajstić information content (AvgIpc) is 3.23. The minimum absolute atomic E-state index is 0.141. The van der Waals surface area contributed by atoms with Gasteiger partial charge < -0.3 is 14.8 Å². The largest absolute Gasteiger partial charge is 0.493 e. The van der Waals surface area contributed by atoms with Crippen LogP contribution in [-0.4, -0.2) is 46.6 Å². The van der Waals surface area contributed by atoms with Gasteiger partial charge in [-0.15, -0.1) is 5.10 Å². The molecule has 0 aliphatic carbocycles. The minimum atomic E-state index is -0.141. The van der Waals surface area contributed by atoms with E-state index < -0.39 is 0 Å². The molecule has 31 heavy (non-hydrogen) atoms. The van der Waals surface area contributed by atoms with Crippen LogP contribution < -0.4 is 14.8 Å². The SMILES string of the molecule is COc1ccc(CCNC(=O)c2cccc(-n3nnc4cccnc43)c2C)cc1OC. The van der Waals surface area contributed by atoms with Crippen LogP contribution in [0.1, 0.15) is 21.5 Å². The van der Waals surface area contributed by atoms with Crippen LogP contribution in [0.25, 0.3) is 16.9 Å². The Balaban J connectivity index is 1.49. The quantitative estimate of drug-likeness (QED) is 0.497. The zero-order chi connectivity index (χ0) is 21.8. The average molecular weight is 417 g/mol. The van der Waals surface area contributed by atoms with E-state index in [0.717, 1.165) is 16.8 Å². The lowest BCUT2D eigenvalue weighted by Gasteiger charge is -2.12. The Bertz CT molecular complexity index is 1240. The predicted molar refractivity (Wildman–Crippen MR) is 117 cm³/mol. The molecule has 0 unspecified atom stereocenters. The second-order valence-corrected chi connectivity index (χ2v) is 6.99. The van der Waals surface area contributed by atoms with Crippen molar-refractivity contribution < 1.29 is 14.3 Å². The smallest absolute Gasteiger partial charge is 0.251 e. The number of carbonyl (C=O) groups is 1. The fourth-order valence-electron chi connectivity index (χ4n) is 3.48. The number of carbonyl (C=O) groups excluding carboxylic acids is 1. The van der Waals surface area contributed by atoms with E-state index in [1.54, 1.807) is 31.2 Å². The fourth-order valence-corrected chi connectivity index (χ4v) is 3.48. The van der Waals surface area contributed by atoms with Gasteiger partial charge in [0.1, 0.15) is 5.52 Å². The topological polar surface area (TPSA) is 91.2 Å². The van der Waals surface area contributed by atoms with E-state index in [0.29, 0.717) is 41.2 Å². The van der Waals surface area contributed by atoms with Crippen LogP contribution in [0, 0.1) is 6.92 Å². The molecule has 0 aliphatic rings. The standard InChI is InChI=1S/C23H23N5O3/c1-15-17(6-4-8-19(15)28-22-18(26-27-28)7-5-12-24-22)23(29)25-13-11-16-9-10-20(30-2)21(14-16)31-3/h4-10,12,14H,11,13H2,1-3H3,(H,25,29). The summed E-state index contributed by atoms with van der Waals surface area (Å²) in [6, 6.07) is 14.9. The van der Waals surface area contributed by atoms with E-state index >= 15 is 0 Å². The summed E-state index contributed by atoms with van der Waals surface area (Å²) in [6.07, 6.45) is 2.37. The van der Waals surface area contributed by atoms with Gasteiger partial charge in [0.05, 0.1) is 19.9 Å². The van der Waals surface area contributed by atoms with Gasteiger partial charge in [0.25, 0.3) is 5.91 Å². The number of benzene rings is 2. The van der Waals surface area contributed by atoms with E-state index in [2.05, 4.69) is 20.6 Å². The molecule has 4 aromatic rings. The number of amides is 1. The van der Waals surface area contributed by atoms with Crippen molar-refractivity contribution in [2.45, 2.75) is 13.3 Å². The summed E-state index contributed by atoms with van der Waals surface area (Å²) in [6.45, 7) is 2.39. The van der Waals surface area contributed by atoms with Crippen LogP contribution >= 0.6 is 0 Å².